The van der Waals surface area contributed by atoms with Crippen LogP contribution in [0, 0.1) is 5.41 Å². The van der Waals surface area contributed by atoms with Gasteiger partial charge in [0.25, 0.3) is 0 Å². The topological polar surface area (TPSA) is 42.0 Å². The van der Waals surface area contributed by atoms with E-state index in [2.05, 4.69) is 16.4 Å². The van der Waals surface area contributed by atoms with Crippen LogP contribution in [0.5, 0.6) is 0 Å². The highest BCUT2D eigenvalue weighted by Crippen LogP contribution is 2.39. The minimum atomic E-state index is -0.329. The number of rotatable bonds is 3. The van der Waals surface area contributed by atoms with E-state index in [1.165, 1.54) is 12.8 Å². The van der Waals surface area contributed by atoms with Crippen LogP contribution in [-0.2, 0) is 10.2 Å². The van der Waals surface area contributed by atoms with Crippen LogP contribution in [0.4, 0.5) is 0 Å². The van der Waals surface area contributed by atoms with Gasteiger partial charge in [-0.3, -0.25) is 9.78 Å². The molecule has 1 aliphatic rings. The number of hydrogen-bond donors (Lipinski definition) is 1. The molecule has 0 aromatic carbocycles. The standard InChI is InChI=1S/C16H24N2O/c1-15(2,3)14(19)18-12-16(9-5-6-10-16)13-8-4-7-11-17-13/h4,7-8,11H,5-6,9-10,12H2,1-3H3,(H,18,19). The number of carbonyl (C=O) groups is 1. The van der Waals surface area contributed by atoms with E-state index in [4.69, 9.17) is 0 Å². The summed E-state index contributed by atoms with van der Waals surface area (Å²) in [5, 5.41) is 3.12. The first-order valence-corrected chi connectivity index (χ1v) is 7.14. The van der Waals surface area contributed by atoms with Crippen molar-refractivity contribution < 1.29 is 4.79 Å². The lowest BCUT2D eigenvalue weighted by Gasteiger charge is -2.30. The van der Waals surface area contributed by atoms with Crippen molar-refractivity contribution in [2.24, 2.45) is 5.41 Å². The summed E-state index contributed by atoms with van der Waals surface area (Å²) in [4.78, 5) is 16.6. The van der Waals surface area contributed by atoms with E-state index >= 15 is 0 Å². The minimum Gasteiger partial charge on any atom is -0.355 e. The van der Waals surface area contributed by atoms with Crippen molar-refractivity contribution in [1.82, 2.24) is 10.3 Å². The average Bonchev–Trinajstić information content (AvgIpc) is 2.86. The lowest BCUT2D eigenvalue weighted by molar-refractivity contribution is -0.128. The number of pyridine rings is 1. The van der Waals surface area contributed by atoms with Gasteiger partial charge in [-0.2, -0.15) is 0 Å². The van der Waals surface area contributed by atoms with Crippen molar-refractivity contribution in [2.45, 2.75) is 51.9 Å². The molecule has 1 aromatic rings. The van der Waals surface area contributed by atoms with Gasteiger partial charge < -0.3 is 5.32 Å². The molecule has 0 saturated heterocycles. The summed E-state index contributed by atoms with van der Waals surface area (Å²) in [5.41, 5.74) is 0.841. The monoisotopic (exact) mass is 260 g/mol. The van der Waals surface area contributed by atoms with Crippen LogP contribution in [0.1, 0.15) is 52.1 Å². The number of aromatic nitrogens is 1. The van der Waals surface area contributed by atoms with E-state index in [0.717, 1.165) is 18.5 Å². The Morgan fingerprint density at radius 2 is 2.00 bits per heavy atom. The number of carbonyl (C=O) groups excluding carboxylic acids is 1. The van der Waals surface area contributed by atoms with E-state index < -0.39 is 0 Å². The number of nitrogens with one attached hydrogen (secondary N) is 1. The zero-order chi connectivity index (χ0) is 13.9. The SMILES string of the molecule is CC(C)(C)C(=O)NCC1(c2ccccn2)CCCC1. The highest BCUT2D eigenvalue weighted by atomic mass is 16.2. The Labute approximate surface area is 115 Å². The molecule has 0 unspecified atom stereocenters. The fourth-order valence-corrected chi connectivity index (χ4v) is 2.77. The van der Waals surface area contributed by atoms with E-state index in [1.807, 2.05) is 39.1 Å². The van der Waals surface area contributed by atoms with Crippen LogP contribution >= 0.6 is 0 Å². The lowest BCUT2D eigenvalue weighted by atomic mass is 9.81. The third kappa shape index (κ3) is 3.14. The normalized spacial score (nSPS) is 18.3. The van der Waals surface area contributed by atoms with Crippen LogP contribution in [0.25, 0.3) is 0 Å². The van der Waals surface area contributed by atoms with Gasteiger partial charge in [-0.25, -0.2) is 0 Å². The second-order valence-electron chi connectivity index (χ2n) is 6.64. The number of hydrogen-bond acceptors (Lipinski definition) is 2. The van der Waals surface area contributed by atoms with Gasteiger partial charge in [-0.15, -0.1) is 0 Å². The van der Waals surface area contributed by atoms with E-state index in [1.54, 1.807) is 0 Å². The van der Waals surface area contributed by atoms with Crippen LogP contribution in [0.2, 0.25) is 0 Å². The van der Waals surface area contributed by atoms with Gasteiger partial charge >= 0.3 is 0 Å². The maximum absolute atomic E-state index is 12.1. The molecule has 0 aliphatic heterocycles. The summed E-state index contributed by atoms with van der Waals surface area (Å²) in [6.45, 7) is 6.55. The van der Waals surface area contributed by atoms with E-state index in [0.29, 0.717) is 6.54 Å². The Bertz CT molecular complexity index is 428. The van der Waals surface area contributed by atoms with Crippen molar-refractivity contribution in [3.05, 3.63) is 30.1 Å². The van der Waals surface area contributed by atoms with Gasteiger partial charge in [0.1, 0.15) is 0 Å². The summed E-state index contributed by atoms with van der Waals surface area (Å²) in [7, 11) is 0. The van der Waals surface area contributed by atoms with Crippen LogP contribution in [0.3, 0.4) is 0 Å². The first kappa shape index (κ1) is 14.0. The zero-order valence-corrected chi connectivity index (χ0v) is 12.2. The first-order valence-electron chi connectivity index (χ1n) is 7.14. The molecule has 0 spiro atoms. The molecule has 2 rings (SSSR count). The molecule has 0 bridgehead atoms. The molecule has 1 heterocycles. The summed E-state index contributed by atoms with van der Waals surface area (Å²) >= 11 is 0. The fourth-order valence-electron chi connectivity index (χ4n) is 2.77. The molecule has 1 N–H and O–H groups in total. The van der Waals surface area contributed by atoms with Crippen molar-refractivity contribution in [3.63, 3.8) is 0 Å². The second kappa shape index (κ2) is 5.32. The second-order valence-corrected chi connectivity index (χ2v) is 6.64. The molecule has 1 fully saturated rings. The van der Waals surface area contributed by atoms with Gasteiger partial charge in [0.15, 0.2) is 0 Å². The minimum absolute atomic E-state index is 0.0438. The molecule has 1 aromatic heterocycles. The highest BCUT2D eigenvalue weighted by molar-refractivity contribution is 5.81. The van der Waals surface area contributed by atoms with Crippen LogP contribution < -0.4 is 5.32 Å². The van der Waals surface area contributed by atoms with Crippen molar-refractivity contribution >= 4 is 5.91 Å². The van der Waals surface area contributed by atoms with Gasteiger partial charge in [0.05, 0.1) is 0 Å². The summed E-state index contributed by atoms with van der Waals surface area (Å²) in [6.07, 6.45) is 6.54. The molecule has 3 nitrogen and oxygen atoms in total. The molecular formula is C16H24N2O. The zero-order valence-electron chi connectivity index (χ0n) is 12.2. The lowest BCUT2D eigenvalue weighted by Crippen LogP contribution is -2.43. The predicted molar refractivity (Wildman–Crippen MR) is 76.8 cm³/mol. The number of nitrogens with zero attached hydrogens (tertiary/aromatic N) is 1. The van der Waals surface area contributed by atoms with Crippen LogP contribution in [-0.4, -0.2) is 17.4 Å². The Kier molecular flexibility index (Phi) is 3.93. The summed E-state index contributed by atoms with van der Waals surface area (Å²) in [5.74, 6) is 0.120. The summed E-state index contributed by atoms with van der Waals surface area (Å²) < 4.78 is 0. The molecule has 0 atom stereocenters. The Balaban J connectivity index is 2.12. The van der Waals surface area contributed by atoms with Gasteiger partial charge in [0.2, 0.25) is 5.91 Å². The molecule has 19 heavy (non-hydrogen) atoms. The molecule has 3 heteroatoms. The largest absolute Gasteiger partial charge is 0.355 e. The summed E-state index contributed by atoms with van der Waals surface area (Å²) in [6, 6.07) is 6.07. The van der Waals surface area contributed by atoms with Crippen LogP contribution in [0.15, 0.2) is 24.4 Å². The fraction of sp³-hybridized carbons (Fsp3) is 0.625. The Morgan fingerprint density at radius 3 is 2.53 bits per heavy atom. The van der Waals surface area contributed by atoms with Crippen molar-refractivity contribution in [3.8, 4) is 0 Å². The third-order valence-corrected chi connectivity index (χ3v) is 4.04. The molecule has 0 radical (unpaired) electrons. The van der Waals surface area contributed by atoms with E-state index in [9.17, 15) is 4.79 Å². The smallest absolute Gasteiger partial charge is 0.225 e. The van der Waals surface area contributed by atoms with Gasteiger partial charge in [0, 0.05) is 29.3 Å². The third-order valence-electron chi connectivity index (χ3n) is 4.04. The first-order chi connectivity index (χ1) is 8.94. The molecule has 1 saturated carbocycles. The van der Waals surface area contributed by atoms with Gasteiger partial charge in [-0.05, 0) is 25.0 Å². The Morgan fingerprint density at radius 1 is 1.32 bits per heavy atom. The van der Waals surface area contributed by atoms with Gasteiger partial charge in [-0.1, -0.05) is 39.7 Å². The quantitative estimate of drug-likeness (QED) is 0.907. The van der Waals surface area contributed by atoms with E-state index in [-0.39, 0.29) is 16.7 Å². The maximum Gasteiger partial charge on any atom is 0.225 e. The van der Waals surface area contributed by atoms with Crippen molar-refractivity contribution in [2.75, 3.05) is 6.54 Å². The molecular weight excluding hydrogens is 236 g/mol. The Hall–Kier alpha value is -1.38. The predicted octanol–water partition coefficient (Wildman–Crippen LogP) is 3.06. The maximum atomic E-state index is 12.1. The average molecular weight is 260 g/mol. The molecule has 104 valence electrons. The molecule has 1 aliphatic carbocycles. The number of amides is 1. The highest BCUT2D eigenvalue weighted by Gasteiger charge is 2.37. The van der Waals surface area contributed by atoms with Crippen molar-refractivity contribution in [1.29, 1.82) is 0 Å². The molecule has 1 amide bonds.